The van der Waals surface area contributed by atoms with Crippen LogP contribution in [0.25, 0.3) is 0 Å². The Morgan fingerprint density at radius 2 is 1.71 bits per heavy atom. The molecule has 0 N–H and O–H groups in total. The zero-order valence-corrected chi connectivity index (χ0v) is 14.7. The van der Waals surface area contributed by atoms with E-state index >= 15 is 0 Å². The number of hydrogen-bond donors (Lipinski definition) is 0. The van der Waals surface area contributed by atoms with E-state index in [2.05, 4.69) is 4.98 Å². The molecule has 1 atom stereocenters. The maximum absolute atomic E-state index is 12.2. The third kappa shape index (κ3) is 4.67. The highest BCUT2D eigenvalue weighted by Gasteiger charge is 2.33. The highest BCUT2D eigenvalue weighted by atomic mass is 16.6. The summed E-state index contributed by atoms with van der Waals surface area (Å²) in [4.78, 5) is 32.0. The maximum Gasteiger partial charge on any atom is 0.410 e. The standard InChI is InChI=1S/C17H25N3O4/c1-17(2,3)24-16(22)20-11-9-19(10-12-20)14(15(21)23-4)13-5-7-18-8-6-13/h5-8,14H,9-12H2,1-4H3. The molecule has 1 saturated heterocycles. The van der Waals surface area contributed by atoms with E-state index in [9.17, 15) is 9.59 Å². The van der Waals surface area contributed by atoms with Crippen LogP contribution in [0.2, 0.25) is 0 Å². The van der Waals surface area contributed by atoms with Crippen LogP contribution in [0.1, 0.15) is 32.4 Å². The van der Waals surface area contributed by atoms with Gasteiger partial charge in [-0.2, -0.15) is 0 Å². The predicted molar refractivity (Wildman–Crippen MR) is 88.4 cm³/mol. The molecule has 0 spiro atoms. The van der Waals surface area contributed by atoms with Crippen molar-refractivity contribution in [3.8, 4) is 0 Å². The van der Waals surface area contributed by atoms with E-state index in [0.717, 1.165) is 5.56 Å². The van der Waals surface area contributed by atoms with Crippen molar-refractivity contribution in [2.75, 3.05) is 33.3 Å². The Balaban J connectivity index is 2.03. The van der Waals surface area contributed by atoms with Crippen molar-refractivity contribution in [2.24, 2.45) is 0 Å². The molecule has 7 heteroatoms. The lowest BCUT2D eigenvalue weighted by atomic mass is 10.1. The molecular formula is C17H25N3O4. The van der Waals surface area contributed by atoms with Gasteiger partial charge in [-0.15, -0.1) is 0 Å². The first-order valence-electron chi connectivity index (χ1n) is 8.01. The highest BCUT2D eigenvalue weighted by Crippen LogP contribution is 2.23. The van der Waals surface area contributed by atoms with Crippen molar-refractivity contribution >= 4 is 12.1 Å². The summed E-state index contributed by atoms with van der Waals surface area (Å²) in [6, 6.07) is 3.13. The van der Waals surface area contributed by atoms with Crippen LogP contribution in [0.5, 0.6) is 0 Å². The molecule has 1 amide bonds. The molecule has 1 aromatic heterocycles. The van der Waals surface area contributed by atoms with Gasteiger partial charge in [0.15, 0.2) is 0 Å². The number of piperazine rings is 1. The Labute approximate surface area is 142 Å². The molecule has 0 aliphatic carbocycles. The fourth-order valence-corrected chi connectivity index (χ4v) is 2.64. The second-order valence-corrected chi connectivity index (χ2v) is 6.71. The smallest absolute Gasteiger partial charge is 0.410 e. The van der Waals surface area contributed by atoms with E-state index in [1.165, 1.54) is 7.11 Å². The van der Waals surface area contributed by atoms with Gasteiger partial charge in [0, 0.05) is 38.6 Å². The number of hydrogen-bond acceptors (Lipinski definition) is 6. The minimum atomic E-state index is -0.514. The molecule has 1 fully saturated rings. The van der Waals surface area contributed by atoms with Crippen molar-refractivity contribution in [3.05, 3.63) is 30.1 Å². The second kappa shape index (κ2) is 7.61. The average Bonchev–Trinajstić information content (AvgIpc) is 2.55. The zero-order valence-electron chi connectivity index (χ0n) is 14.7. The number of aromatic nitrogens is 1. The second-order valence-electron chi connectivity index (χ2n) is 6.71. The fourth-order valence-electron chi connectivity index (χ4n) is 2.64. The quantitative estimate of drug-likeness (QED) is 0.785. The summed E-state index contributed by atoms with van der Waals surface area (Å²) in [5.74, 6) is -0.313. The molecule has 1 aliphatic rings. The van der Waals surface area contributed by atoms with Gasteiger partial charge < -0.3 is 14.4 Å². The lowest BCUT2D eigenvalue weighted by Gasteiger charge is -2.38. The van der Waals surface area contributed by atoms with Crippen LogP contribution in [0.4, 0.5) is 4.79 Å². The molecule has 7 nitrogen and oxygen atoms in total. The van der Waals surface area contributed by atoms with E-state index in [4.69, 9.17) is 9.47 Å². The first-order valence-corrected chi connectivity index (χ1v) is 8.01. The first kappa shape index (κ1) is 18.2. The van der Waals surface area contributed by atoms with Gasteiger partial charge in [-0.1, -0.05) is 0 Å². The molecule has 24 heavy (non-hydrogen) atoms. The lowest BCUT2D eigenvalue weighted by Crippen LogP contribution is -2.52. The molecule has 0 saturated carbocycles. The number of ether oxygens (including phenoxy) is 2. The maximum atomic E-state index is 12.2. The van der Waals surface area contributed by atoms with Gasteiger partial charge in [0.2, 0.25) is 0 Å². The van der Waals surface area contributed by atoms with Gasteiger partial charge in [-0.25, -0.2) is 9.59 Å². The first-order chi connectivity index (χ1) is 11.3. The summed E-state index contributed by atoms with van der Waals surface area (Å²) in [7, 11) is 1.38. The van der Waals surface area contributed by atoms with Crippen LogP contribution in [-0.4, -0.2) is 65.7 Å². The van der Waals surface area contributed by atoms with Crippen LogP contribution < -0.4 is 0 Å². The van der Waals surface area contributed by atoms with E-state index in [1.807, 2.05) is 37.8 Å². The van der Waals surface area contributed by atoms with E-state index in [-0.39, 0.29) is 12.1 Å². The third-order valence-electron chi connectivity index (χ3n) is 3.78. The molecular weight excluding hydrogens is 310 g/mol. The minimum Gasteiger partial charge on any atom is -0.468 e. The van der Waals surface area contributed by atoms with Gasteiger partial charge in [0.25, 0.3) is 0 Å². The summed E-state index contributed by atoms with van der Waals surface area (Å²) in [6.07, 6.45) is 2.99. The molecule has 0 aromatic carbocycles. The zero-order chi connectivity index (χ0) is 17.7. The summed E-state index contributed by atoms with van der Waals surface area (Å²) in [6.45, 7) is 7.69. The van der Waals surface area contributed by atoms with Crippen LogP contribution in [0.15, 0.2) is 24.5 Å². The Bertz CT molecular complexity index is 563. The number of nitrogens with zero attached hydrogens (tertiary/aromatic N) is 3. The van der Waals surface area contributed by atoms with Crippen molar-refractivity contribution in [3.63, 3.8) is 0 Å². The summed E-state index contributed by atoms with van der Waals surface area (Å²) in [5.41, 5.74) is 0.322. The molecule has 1 unspecified atom stereocenters. The number of pyridine rings is 1. The third-order valence-corrected chi connectivity index (χ3v) is 3.78. The van der Waals surface area contributed by atoms with Gasteiger partial charge in [0.1, 0.15) is 11.6 Å². The normalized spacial score (nSPS) is 17.2. The van der Waals surface area contributed by atoms with Crippen molar-refractivity contribution in [2.45, 2.75) is 32.4 Å². The summed E-state index contributed by atoms with van der Waals surface area (Å²) < 4.78 is 10.3. The number of amides is 1. The molecule has 132 valence electrons. The topological polar surface area (TPSA) is 72.0 Å². The molecule has 0 radical (unpaired) electrons. The van der Waals surface area contributed by atoms with Gasteiger partial charge in [-0.3, -0.25) is 9.88 Å². The molecule has 0 bridgehead atoms. The predicted octanol–water partition coefficient (Wildman–Crippen LogP) is 1.85. The van der Waals surface area contributed by atoms with Crippen LogP contribution in [0.3, 0.4) is 0 Å². The van der Waals surface area contributed by atoms with Gasteiger partial charge >= 0.3 is 12.1 Å². The number of methoxy groups -OCH3 is 1. The number of esters is 1. The van der Waals surface area contributed by atoms with Gasteiger partial charge in [0.05, 0.1) is 7.11 Å². The van der Waals surface area contributed by atoms with E-state index in [1.54, 1.807) is 17.3 Å². The summed E-state index contributed by atoms with van der Waals surface area (Å²) in [5, 5.41) is 0. The molecule has 2 heterocycles. The minimum absolute atomic E-state index is 0.313. The van der Waals surface area contributed by atoms with Crippen LogP contribution in [0, 0.1) is 0 Å². The van der Waals surface area contributed by atoms with Crippen molar-refractivity contribution in [1.29, 1.82) is 0 Å². The fraction of sp³-hybridized carbons (Fsp3) is 0.588. The highest BCUT2D eigenvalue weighted by molar-refractivity contribution is 5.77. The number of rotatable bonds is 3. The summed E-state index contributed by atoms with van der Waals surface area (Å²) >= 11 is 0. The number of carbonyl (C=O) groups excluding carboxylic acids is 2. The Kier molecular flexibility index (Phi) is 5.77. The number of carbonyl (C=O) groups is 2. The van der Waals surface area contributed by atoms with Crippen LogP contribution >= 0.6 is 0 Å². The molecule has 2 rings (SSSR count). The van der Waals surface area contributed by atoms with Crippen molar-refractivity contribution < 1.29 is 19.1 Å². The lowest BCUT2D eigenvalue weighted by molar-refractivity contribution is -0.148. The average molecular weight is 335 g/mol. The SMILES string of the molecule is COC(=O)C(c1ccncc1)N1CCN(C(=O)OC(C)(C)C)CC1. The van der Waals surface area contributed by atoms with E-state index in [0.29, 0.717) is 26.2 Å². The Morgan fingerprint density at radius 1 is 1.12 bits per heavy atom. The molecule has 1 aliphatic heterocycles. The Morgan fingerprint density at radius 3 is 2.21 bits per heavy atom. The van der Waals surface area contributed by atoms with Gasteiger partial charge in [-0.05, 0) is 38.5 Å². The van der Waals surface area contributed by atoms with E-state index < -0.39 is 11.6 Å². The molecule has 1 aromatic rings. The Hall–Kier alpha value is -2.15. The largest absolute Gasteiger partial charge is 0.468 e. The monoisotopic (exact) mass is 335 g/mol. The van der Waals surface area contributed by atoms with Crippen LogP contribution in [-0.2, 0) is 14.3 Å². The van der Waals surface area contributed by atoms with Crippen molar-refractivity contribution in [1.82, 2.24) is 14.8 Å².